The molecule has 0 fully saturated rings. The lowest BCUT2D eigenvalue weighted by Gasteiger charge is -2.07. The van der Waals surface area contributed by atoms with Crippen molar-refractivity contribution >= 4 is 6.03 Å². The molecule has 1 aliphatic rings. The van der Waals surface area contributed by atoms with Crippen LogP contribution >= 0.6 is 0 Å². The number of carbonyl (C=O) groups excluding carboxylic acids is 1. The van der Waals surface area contributed by atoms with Crippen LogP contribution in [0.4, 0.5) is 4.79 Å². The first-order chi connectivity index (χ1) is 6.66. The molecule has 0 saturated carbocycles. The van der Waals surface area contributed by atoms with Gasteiger partial charge in [-0.05, 0) is 5.92 Å². The lowest BCUT2D eigenvalue weighted by Crippen LogP contribution is -2.37. The lowest BCUT2D eigenvalue weighted by molar-refractivity contribution is -0.701. The number of nitrogens with zero attached hydrogens (tertiary/aromatic N) is 2. The Kier molecular flexibility index (Phi) is 2.27. The monoisotopic (exact) mass is 194 g/mol. The van der Waals surface area contributed by atoms with Gasteiger partial charge in [0, 0.05) is 13.0 Å². The van der Waals surface area contributed by atoms with Crippen molar-refractivity contribution in [1.82, 2.24) is 9.88 Å². The second-order valence-electron chi connectivity index (χ2n) is 4.18. The SMILES string of the molecule is CC(C)C[n+]1cc2n(c1)C(=O)NCC2. The van der Waals surface area contributed by atoms with Crippen LogP contribution in [-0.2, 0) is 13.0 Å². The second-order valence-corrected chi connectivity index (χ2v) is 4.18. The highest BCUT2D eigenvalue weighted by molar-refractivity contribution is 5.77. The first kappa shape index (κ1) is 9.24. The van der Waals surface area contributed by atoms with Crippen LogP contribution in [0.15, 0.2) is 12.5 Å². The highest BCUT2D eigenvalue weighted by Crippen LogP contribution is 2.03. The first-order valence-corrected chi connectivity index (χ1v) is 5.05. The van der Waals surface area contributed by atoms with Crippen molar-refractivity contribution in [3.05, 3.63) is 18.2 Å². The molecule has 0 atom stereocenters. The van der Waals surface area contributed by atoms with Gasteiger partial charge in [-0.25, -0.2) is 9.36 Å². The van der Waals surface area contributed by atoms with Crippen LogP contribution in [0.1, 0.15) is 19.5 Å². The maximum atomic E-state index is 11.4. The standard InChI is InChI=1S/C10H15N3O/c1-8(2)5-12-6-9-3-4-11-10(14)13(9)7-12/h6-8H,3-5H2,1-2H3/p+1. The molecule has 0 aliphatic carbocycles. The predicted octanol–water partition coefficient (Wildman–Crippen LogP) is 0.545. The van der Waals surface area contributed by atoms with Gasteiger partial charge in [-0.15, -0.1) is 4.57 Å². The molecular formula is C10H16N3O+. The molecule has 0 bridgehead atoms. The van der Waals surface area contributed by atoms with Crippen molar-refractivity contribution in [2.45, 2.75) is 26.8 Å². The van der Waals surface area contributed by atoms with Gasteiger partial charge in [0.1, 0.15) is 6.20 Å². The van der Waals surface area contributed by atoms with Crippen LogP contribution in [0.5, 0.6) is 0 Å². The molecule has 4 heteroatoms. The molecule has 2 heterocycles. The zero-order valence-corrected chi connectivity index (χ0v) is 8.66. The van der Waals surface area contributed by atoms with Gasteiger partial charge in [-0.2, -0.15) is 0 Å². The van der Waals surface area contributed by atoms with E-state index in [9.17, 15) is 4.79 Å². The van der Waals surface area contributed by atoms with E-state index < -0.39 is 0 Å². The van der Waals surface area contributed by atoms with E-state index >= 15 is 0 Å². The van der Waals surface area contributed by atoms with Crippen LogP contribution in [-0.4, -0.2) is 17.1 Å². The van der Waals surface area contributed by atoms with Gasteiger partial charge in [-0.1, -0.05) is 13.8 Å². The summed E-state index contributed by atoms with van der Waals surface area (Å²) in [5, 5.41) is 2.82. The van der Waals surface area contributed by atoms with E-state index in [0.717, 1.165) is 25.2 Å². The van der Waals surface area contributed by atoms with Gasteiger partial charge in [0.25, 0.3) is 6.33 Å². The third-order valence-electron chi connectivity index (χ3n) is 2.34. The Morgan fingerprint density at radius 2 is 2.43 bits per heavy atom. The fourth-order valence-electron chi connectivity index (χ4n) is 1.78. The number of hydrogen-bond donors (Lipinski definition) is 1. The number of aromatic nitrogens is 2. The number of imidazole rings is 1. The largest absolute Gasteiger partial charge is 0.413 e. The summed E-state index contributed by atoms with van der Waals surface area (Å²) in [6.45, 7) is 6.06. The van der Waals surface area contributed by atoms with Gasteiger partial charge in [0.2, 0.25) is 0 Å². The summed E-state index contributed by atoms with van der Waals surface area (Å²) in [5.74, 6) is 0.604. The van der Waals surface area contributed by atoms with Gasteiger partial charge >= 0.3 is 6.03 Å². The molecule has 0 radical (unpaired) electrons. The second kappa shape index (κ2) is 3.44. The fourth-order valence-corrected chi connectivity index (χ4v) is 1.78. The number of rotatable bonds is 2. The molecule has 14 heavy (non-hydrogen) atoms. The van der Waals surface area contributed by atoms with Crippen LogP contribution in [0.25, 0.3) is 0 Å². The van der Waals surface area contributed by atoms with E-state index in [1.807, 2.05) is 6.33 Å². The van der Waals surface area contributed by atoms with E-state index in [0.29, 0.717) is 5.92 Å². The Morgan fingerprint density at radius 3 is 3.07 bits per heavy atom. The van der Waals surface area contributed by atoms with E-state index in [4.69, 9.17) is 0 Å². The minimum Gasteiger partial charge on any atom is -0.317 e. The molecule has 1 N–H and O–H groups in total. The van der Waals surface area contributed by atoms with Gasteiger partial charge in [0.05, 0.1) is 6.54 Å². The lowest BCUT2D eigenvalue weighted by atomic mass is 10.2. The topological polar surface area (TPSA) is 37.9 Å². The molecule has 0 aromatic carbocycles. The number of fused-ring (bicyclic) bond motifs is 1. The molecule has 0 unspecified atom stereocenters. The average molecular weight is 194 g/mol. The Morgan fingerprint density at radius 1 is 1.64 bits per heavy atom. The van der Waals surface area contributed by atoms with Crippen molar-refractivity contribution in [3.8, 4) is 0 Å². The summed E-state index contributed by atoms with van der Waals surface area (Å²) in [4.78, 5) is 11.4. The normalized spacial score (nSPS) is 15.5. The number of amides is 1. The molecule has 0 saturated heterocycles. The summed E-state index contributed by atoms with van der Waals surface area (Å²) < 4.78 is 3.79. The molecule has 1 aromatic heterocycles. The van der Waals surface area contributed by atoms with Gasteiger partial charge < -0.3 is 5.32 Å². The van der Waals surface area contributed by atoms with E-state index in [-0.39, 0.29) is 6.03 Å². The summed E-state index contributed by atoms with van der Waals surface area (Å²) in [5.41, 5.74) is 1.11. The fraction of sp³-hybridized carbons (Fsp3) is 0.600. The maximum absolute atomic E-state index is 11.4. The molecule has 1 aliphatic heterocycles. The van der Waals surface area contributed by atoms with Crippen molar-refractivity contribution in [2.24, 2.45) is 5.92 Å². The molecule has 2 rings (SSSR count). The van der Waals surface area contributed by atoms with Crippen LogP contribution in [0.3, 0.4) is 0 Å². The molecular weight excluding hydrogens is 178 g/mol. The molecule has 4 nitrogen and oxygen atoms in total. The van der Waals surface area contributed by atoms with Crippen LogP contribution in [0.2, 0.25) is 0 Å². The Hall–Kier alpha value is -1.32. The van der Waals surface area contributed by atoms with Crippen molar-refractivity contribution in [1.29, 1.82) is 0 Å². The highest BCUT2D eigenvalue weighted by atomic mass is 16.2. The van der Waals surface area contributed by atoms with Gasteiger partial charge in [-0.3, -0.25) is 0 Å². The summed E-state index contributed by atoms with van der Waals surface area (Å²) in [6.07, 6.45) is 4.87. The average Bonchev–Trinajstić information content (AvgIpc) is 2.47. The number of nitrogens with one attached hydrogen (secondary N) is 1. The number of carbonyl (C=O) groups is 1. The third-order valence-corrected chi connectivity index (χ3v) is 2.34. The maximum Gasteiger partial charge on any atom is 0.413 e. The predicted molar refractivity (Wildman–Crippen MR) is 52.0 cm³/mol. The summed E-state index contributed by atoms with van der Waals surface area (Å²) >= 11 is 0. The molecule has 1 amide bonds. The Balaban J connectivity index is 2.26. The van der Waals surface area contributed by atoms with Crippen LogP contribution < -0.4 is 9.88 Å². The first-order valence-electron chi connectivity index (χ1n) is 5.05. The zero-order chi connectivity index (χ0) is 10.1. The van der Waals surface area contributed by atoms with E-state index in [1.165, 1.54) is 0 Å². The summed E-state index contributed by atoms with van der Waals surface area (Å²) in [7, 11) is 0. The molecule has 1 aromatic rings. The smallest absolute Gasteiger partial charge is 0.317 e. The minimum atomic E-state index is -0.00578. The Labute approximate surface area is 83.5 Å². The highest BCUT2D eigenvalue weighted by Gasteiger charge is 2.24. The quantitative estimate of drug-likeness (QED) is 0.686. The molecule has 0 spiro atoms. The Bertz CT molecular complexity index is 354. The van der Waals surface area contributed by atoms with E-state index in [2.05, 4.69) is 29.9 Å². The van der Waals surface area contributed by atoms with E-state index in [1.54, 1.807) is 4.57 Å². The number of hydrogen-bond acceptors (Lipinski definition) is 1. The molecule has 76 valence electrons. The van der Waals surface area contributed by atoms with Crippen molar-refractivity contribution < 1.29 is 9.36 Å². The third kappa shape index (κ3) is 1.64. The summed E-state index contributed by atoms with van der Waals surface area (Å²) in [6, 6.07) is -0.00578. The van der Waals surface area contributed by atoms with Crippen LogP contribution in [0, 0.1) is 5.92 Å². The van der Waals surface area contributed by atoms with Gasteiger partial charge in [0.15, 0.2) is 5.69 Å². The van der Waals surface area contributed by atoms with Crippen molar-refractivity contribution in [2.75, 3.05) is 6.54 Å². The van der Waals surface area contributed by atoms with Crippen molar-refractivity contribution in [3.63, 3.8) is 0 Å². The zero-order valence-electron chi connectivity index (χ0n) is 8.66. The minimum absolute atomic E-state index is 0.00578.